The first-order chi connectivity index (χ1) is 14.5. The Bertz CT molecular complexity index is 1110. The van der Waals surface area contributed by atoms with Gasteiger partial charge in [0.2, 0.25) is 0 Å². The first kappa shape index (κ1) is 23.6. The van der Waals surface area contributed by atoms with Gasteiger partial charge in [-0.3, -0.25) is 4.18 Å². The third kappa shape index (κ3) is 5.81. The highest BCUT2D eigenvalue weighted by Gasteiger charge is 2.44. The van der Waals surface area contributed by atoms with Crippen molar-refractivity contribution in [3.8, 4) is 0 Å². The van der Waals surface area contributed by atoms with Crippen LogP contribution in [0.2, 0.25) is 0 Å². The zero-order chi connectivity index (χ0) is 22.7. The van der Waals surface area contributed by atoms with E-state index in [0.29, 0.717) is 0 Å². The Kier molecular flexibility index (Phi) is 7.02. The summed E-state index contributed by atoms with van der Waals surface area (Å²) in [5.74, 6) is -1.41. The molecule has 1 aliphatic rings. The molecule has 0 spiro atoms. The number of aryl methyl sites for hydroxylation is 1. The molecule has 9 heteroatoms. The lowest BCUT2D eigenvalue weighted by molar-refractivity contribution is -0.161. The highest BCUT2D eigenvalue weighted by atomic mass is 32.2. The van der Waals surface area contributed by atoms with E-state index in [9.17, 15) is 16.8 Å². The van der Waals surface area contributed by atoms with E-state index in [4.69, 9.17) is 13.7 Å². The van der Waals surface area contributed by atoms with Crippen LogP contribution in [-0.4, -0.2) is 47.2 Å². The molecule has 0 aromatic heterocycles. The van der Waals surface area contributed by atoms with Crippen LogP contribution >= 0.6 is 0 Å². The standard InChI is InChI=1S/C22H26O7S2/c1-4-20-21(16-27-31(25,26)19-12-10-17(2)11-13-19)29-22(3,28-20)14-15-30(23,24)18-8-6-5-7-9-18/h4-13,20-21H,1,14-16H2,2-3H3/t20-,21+,22-/m0/s1. The average molecular weight is 467 g/mol. The van der Waals surface area contributed by atoms with Gasteiger partial charge < -0.3 is 9.47 Å². The summed E-state index contributed by atoms with van der Waals surface area (Å²) < 4.78 is 66.9. The van der Waals surface area contributed by atoms with E-state index in [2.05, 4.69) is 6.58 Å². The Hall–Kier alpha value is -2.04. The number of benzene rings is 2. The molecule has 0 N–H and O–H groups in total. The van der Waals surface area contributed by atoms with Crippen LogP contribution in [0.1, 0.15) is 18.9 Å². The number of rotatable bonds is 9. The average Bonchev–Trinajstić information content (AvgIpc) is 3.08. The quantitative estimate of drug-likeness (QED) is 0.413. The first-order valence-corrected chi connectivity index (χ1v) is 12.8. The summed E-state index contributed by atoms with van der Waals surface area (Å²) in [6.45, 7) is 6.89. The largest absolute Gasteiger partial charge is 0.341 e. The van der Waals surface area contributed by atoms with Crippen LogP contribution < -0.4 is 0 Å². The molecule has 3 rings (SSSR count). The van der Waals surface area contributed by atoms with Crippen molar-refractivity contribution in [3.05, 3.63) is 72.8 Å². The predicted molar refractivity (Wildman–Crippen MR) is 116 cm³/mol. The highest BCUT2D eigenvalue weighted by Crippen LogP contribution is 2.33. The lowest BCUT2D eigenvalue weighted by Crippen LogP contribution is -2.31. The van der Waals surface area contributed by atoms with E-state index < -0.39 is 38.0 Å². The fourth-order valence-corrected chi connectivity index (χ4v) is 5.59. The summed E-state index contributed by atoms with van der Waals surface area (Å²) in [6, 6.07) is 14.4. The molecule has 0 radical (unpaired) electrons. The van der Waals surface area contributed by atoms with Gasteiger partial charge in [0.25, 0.3) is 10.1 Å². The van der Waals surface area contributed by atoms with Crippen LogP contribution in [0.3, 0.4) is 0 Å². The van der Waals surface area contributed by atoms with Crippen LogP contribution in [0.25, 0.3) is 0 Å². The second-order valence-electron chi connectivity index (χ2n) is 7.54. The van der Waals surface area contributed by atoms with Gasteiger partial charge in [0, 0.05) is 6.42 Å². The minimum absolute atomic E-state index is 0.0453. The Balaban J connectivity index is 1.64. The van der Waals surface area contributed by atoms with Crippen LogP contribution in [0, 0.1) is 6.92 Å². The summed E-state index contributed by atoms with van der Waals surface area (Å²) in [7, 11) is -7.49. The molecule has 0 amide bonds. The molecule has 1 saturated heterocycles. The summed E-state index contributed by atoms with van der Waals surface area (Å²) in [4.78, 5) is 0.268. The molecule has 7 nitrogen and oxygen atoms in total. The summed E-state index contributed by atoms with van der Waals surface area (Å²) in [5.41, 5.74) is 0.930. The van der Waals surface area contributed by atoms with E-state index in [1.807, 2.05) is 6.92 Å². The van der Waals surface area contributed by atoms with Gasteiger partial charge in [0.1, 0.15) is 12.2 Å². The van der Waals surface area contributed by atoms with Gasteiger partial charge in [0.15, 0.2) is 15.6 Å². The molecule has 0 aliphatic carbocycles. The maximum absolute atomic E-state index is 12.6. The van der Waals surface area contributed by atoms with Gasteiger partial charge in [-0.2, -0.15) is 8.42 Å². The maximum Gasteiger partial charge on any atom is 0.297 e. The number of sulfone groups is 1. The molecule has 0 unspecified atom stereocenters. The van der Waals surface area contributed by atoms with Crippen molar-refractivity contribution >= 4 is 20.0 Å². The minimum Gasteiger partial charge on any atom is -0.341 e. The van der Waals surface area contributed by atoms with Crippen LogP contribution in [0.5, 0.6) is 0 Å². The summed E-state index contributed by atoms with van der Waals surface area (Å²) in [5, 5.41) is 0. The van der Waals surface area contributed by atoms with Crippen molar-refractivity contribution in [2.75, 3.05) is 12.4 Å². The molecule has 3 atom stereocenters. The summed E-state index contributed by atoms with van der Waals surface area (Å²) >= 11 is 0. The molecule has 168 valence electrons. The Morgan fingerprint density at radius 1 is 1.00 bits per heavy atom. The predicted octanol–water partition coefficient (Wildman–Crippen LogP) is 3.25. The molecule has 31 heavy (non-hydrogen) atoms. The van der Waals surface area contributed by atoms with Gasteiger partial charge in [-0.25, -0.2) is 8.42 Å². The molecule has 1 fully saturated rings. The smallest absolute Gasteiger partial charge is 0.297 e. The Morgan fingerprint density at radius 3 is 2.26 bits per heavy atom. The molecule has 2 aromatic rings. The minimum atomic E-state index is -3.97. The summed E-state index contributed by atoms with van der Waals surface area (Å²) in [6.07, 6.45) is 0.166. The SMILES string of the molecule is C=C[C@@H]1O[C@](C)(CCS(=O)(=O)c2ccccc2)O[C@@H]1COS(=O)(=O)c1ccc(C)cc1. The van der Waals surface area contributed by atoms with Gasteiger partial charge in [0.05, 0.1) is 22.2 Å². The number of ether oxygens (including phenoxy) is 2. The molecular weight excluding hydrogens is 440 g/mol. The van der Waals surface area contributed by atoms with E-state index in [-0.39, 0.29) is 28.6 Å². The normalized spacial score (nSPS) is 24.2. The third-order valence-corrected chi connectivity index (χ3v) is 8.04. The van der Waals surface area contributed by atoms with Crippen molar-refractivity contribution in [2.24, 2.45) is 0 Å². The first-order valence-electron chi connectivity index (χ1n) is 9.77. The molecular formula is C22H26O7S2. The number of hydrogen-bond acceptors (Lipinski definition) is 7. The van der Waals surface area contributed by atoms with Crippen LogP contribution in [-0.2, 0) is 33.6 Å². The van der Waals surface area contributed by atoms with Gasteiger partial charge in [-0.05, 0) is 38.1 Å². The number of hydrogen-bond donors (Lipinski definition) is 0. The Morgan fingerprint density at radius 2 is 1.65 bits per heavy atom. The Labute approximate surface area is 183 Å². The van der Waals surface area contributed by atoms with Crippen LogP contribution in [0.4, 0.5) is 0 Å². The van der Waals surface area contributed by atoms with Crippen molar-refractivity contribution in [1.29, 1.82) is 0 Å². The van der Waals surface area contributed by atoms with E-state index in [0.717, 1.165) is 5.56 Å². The second-order valence-corrected chi connectivity index (χ2v) is 11.3. The molecule has 2 aromatic carbocycles. The zero-order valence-electron chi connectivity index (χ0n) is 17.4. The van der Waals surface area contributed by atoms with E-state index in [1.54, 1.807) is 37.3 Å². The second kappa shape index (κ2) is 9.22. The van der Waals surface area contributed by atoms with Crippen molar-refractivity contribution in [3.63, 3.8) is 0 Å². The van der Waals surface area contributed by atoms with Gasteiger partial charge in [-0.1, -0.05) is 42.0 Å². The maximum atomic E-state index is 12.6. The van der Waals surface area contributed by atoms with Gasteiger partial charge >= 0.3 is 0 Å². The van der Waals surface area contributed by atoms with Crippen LogP contribution in [0.15, 0.2) is 77.0 Å². The molecule has 0 saturated carbocycles. The molecule has 1 heterocycles. The van der Waals surface area contributed by atoms with Crippen molar-refractivity contribution in [2.45, 2.75) is 48.1 Å². The lowest BCUT2D eigenvalue weighted by atomic mass is 10.2. The van der Waals surface area contributed by atoms with Crippen molar-refractivity contribution in [1.82, 2.24) is 0 Å². The third-order valence-electron chi connectivity index (χ3n) is 5.01. The topological polar surface area (TPSA) is 96.0 Å². The lowest BCUT2D eigenvalue weighted by Gasteiger charge is -2.23. The van der Waals surface area contributed by atoms with E-state index in [1.165, 1.54) is 30.3 Å². The highest BCUT2D eigenvalue weighted by molar-refractivity contribution is 7.91. The van der Waals surface area contributed by atoms with Crippen molar-refractivity contribution < 1.29 is 30.5 Å². The fraction of sp³-hybridized carbons (Fsp3) is 0.364. The molecule has 1 aliphatic heterocycles. The fourth-order valence-electron chi connectivity index (χ4n) is 3.22. The molecule has 0 bridgehead atoms. The zero-order valence-corrected chi connectivity index (χ0v) is 19.1. The van der Waals surface area contributed by atoms with E-state index >= 15 is 0 Å². The van der Waals surface area contributed by atoms with Gasteiger partial charge in [-0.15, -0.1) is 6.58 Å². The monoisotopic (exact) mass is 466 g/mol.